The molecule has 0 radical (unpaired) electrons. The lowest BCUT2D eigenvalue weighted by Crippen LogP contribution is -2.14. The van der Waals surface area contributed by atoms with E-state index in [9.17, 15) is 13.6 Å². The van der Waals surface area contributed by atoms with E-state index in [-0.39, 0.29) is 28.8 Å². The van der Waals surface area contributed by atoms with Crippen LogP contribution in [0.25, 0.3) is 0 Å². The van der Waals surface area contributed by atoms with E-state index in [1.54, 1.807) is 20.9 Å². The van der Waals surface area contributed by atoms with Crippen LogP contribution in [-0.2, 0) is 7.05 Å². The van der Waals surface area contributed by atoms with Gasteiger partial charge in [-0.25, -0.2) is 0 Å². The number of anilines is 1. The summed E-state index contributed by atoms with van der Waals surface area (Å²) in [6.07, 6.45) is 0. The van der Waals surface area contributed by atoms with Crippen molar-refractivity contribution in [2.45, 2.75) is 20.5 Å². The van der Waals surface area contributed by atoms with E-state index >= 15 is 0 Å². The van der Waals surface area contributed by atoms with Gasteiger partial charge in [0, 0.05) is 18.8 Å². The van der Waals surface area contributed by atoms with E-state index in [0.29, 0.717) is 11.4 Å². The minimum absolute atomic E-state index is 0.0718. The average Bonchev–Trinajstić information content (AvgIpc) is 2.77. The van der Waals surface area contributed by atoms with Crippen molar-refractivity contribution < 1.29 is 23.0 Å². The molecule has 0 saturated heterocycles. The number of ether oxygens (including phenoxy) is 2. The summed E-state index contributed by atoms with van der Waals surface area (Å²) < 4.78 is 35.9. The first-order valence-corrected chi connectivity index (χ1v) is 7.43. The number of hydrogen-bond donors (Lipinski definition) is 1. The second-order valence-electron chi connectivity index (χ2n) is 4.80. The van der Waals surface area contributed by atoms with Crippen LogP contribution in [0.2, 0.25) is 5.02 Å². The Morgan fingerprint density at radius 3 is 2.67 bits per heavy atom. The second-order valence-corrected chi connectivity index (χ2v) is 5.18. The second kappa shape index (κ2) is 7.48. The maximum absolute atomic E-state index is 12.4. The molecule has 1 amide bonds. The minimum Gasteiger partial charge on any atom is -0.490 e. The van der Waals surface area contributed by atoms with Crippen LogP contribution in [0.4, 0.5) is 14.5 Å². The Hall–Kier alpha value is -2.35. The van der Waals surface area contributed by atoms with Gasteiger partial charge in [-0.1, -0.05) is 11.6 Å². The largest absolute Gasteiger partial charge is 0.490 e. The number of nitrogens with one attached hydrogen (secondary N) is 1. The number of aryl methyl sites for hydroxylation is 1. The van der Waals surface area contributed by atoms with Gasteiger partial charge in [0.05, 0.1) is 17.3 Å². The summed E-state index contributed by atoms with van der Waals surface area (Å²) in [5, 5.41) is 6.88. The molecular formula is C15H16ClF2N3O3. The summed E-state index contributed by atoms with van der Waals surface area (Å²) in [5.74, 6) is -0.538. The maximum Gasteiger partial charge on any atom is 0.387 e. The number of hydrogen-bond acceptors (Lipinski definition) is 4. The first-order valence-electron chi connectivity index (χ1n) is 7.05. The molecule has 1 aromatic carbocycles. The Morgan fingerprint density at radius 1 is 1.42 bits per heavy atom. The fourth-order valence-corrected chi connectivity index (χ4v) is 2.21. The molecule has 0 aliphatic carbocycles. The van der Waals surface area contributed by atoms with E-state index in [1.165, 1.54) is 22.9 Å². The van der Waals surface area contributed by atoms with Gasteiger partial charge in [-0.3, -0.25) is 9.48 Å². The highest BCUT2D eigenvalue weighted by Crippen LogP contribution is 2.32. The van der Waals surface area contributed by atoms with Crippen LogP contribution < -0.4 is 14.8 Å². The van der Waals surface area contributed by atoms with Crippen LogP contribution in [0.5, 0.6) is 11.5 Å². The molecule has 0 unspecified atom stereocenters. The summed E-state index contributed by atoms with van der Waals surface area (Å²) >= 11 is 6.07. The highest BCUT2D eigenvalue weighted by molar-refractivity contribution is 6.34. The molecule has 9 heteroatoms. The molecule has 0 aliphatic heterocycles. The molecular weight excluding hydrogens is 344 g/mol. The van der Waals surface area contributed by atoms with Crippen LogP contribution in [-0.4, -0.2) is 28.9 Å². The molecule has 0 bridgehead atoms. The Kier molecular flexibility index (Phi) is 5.61. The highest BCUT2D eigenvalue weighted by atomic mass is 35.5. The van der Waals surface area contributed by atoms with Crippen LogP contribution in [0.3, 0.4) is 0 Å². The number of alkyl halides is 2. The predicted molar refractivity (Wildman–Crippen MR) is 85.2 cm³/mol. The molecule has 24 heavy (non-hydrogen) atoms. The molecule has 0 atom stereocenters. The van der Waals surface area contributed by atoms with Crippen molar-refractivity contribution in [1.29, 1.82) is 0 Å². The third-order valence-corrected chi connectivity index (χ3v) is 3.65. The number of nitrogens with zero attached hydrogens (tertiary/aromatic N) is 2. The number of carbonyl (C=O) groups is 1. The molecule has 0 saturated carbocycles. The summed E-state index contributed by atoms with van der Waals surface area (Å²) in [4.78, 5) is 12.3. The normalized spacial score (nSPS) is 10.8. The van der Waals surface area contributed by atoms with Gasteiger partial charge in [-0.15, -0.1) is 0 Å². The monoisotopic (exact) mass is 359 g/mol. The van der Waals surface area contributed by atoms with Crippen molar-refractivity contribution >= 4 is 23.2 Å². The molecule has 1 heterocycles. The summed E-state index contributed by atoms with van der Waals surface area (Å²) in [6.45, 7) is 0.714. The van der Waals surface area contributed by atoms with Crippen molar-refractivity contribution in [3.63, 3.8) is 0 Å². The molecule has 2 aromatic rings. The lowest BCUT2D eigenvalue weighted by atomic mass is 10.2. The van der Waals surface area contributed by atoms with Crippen molar-refractivity contribution in [2.24, 2.45) is 7.05 Å². The van der Waals surface area contributed by atoms with E-state index in [0.717, 1.165) is 0 Å². The number of amides is 1. The van der Waals surface area contributed by atoms with Crippen molar-refractivity contribution in [3.05, 3.63) is 34.6 Å². The van der Waals surface area contributed by atoms with Gasteiger partial charge >= 0.3 is 6.61 Å². The van der Waals surface area contributed by atoms with Crippen LogP contribution in [0, 0.1) is 6.92 Å². The van der Waals surface area contributed by atoms with Gasteiger partial charge in [0.15, 0.2) is 17.2 Å². The Morgan fingerprint density at radius 2 is 2.12 bits per heavy atom. The molecule has 0 spiro atoms. The number of benzene rings is 1. The van der Waals surface area contributed by atoms with Gasteiger partial charge in [0.25, 0.3) is 5.91 Å². The van der Waals surface area contributed by atoms with Gasteiger partial charge in [0.2, 0.25) is 0 Å². The quantitative estimate of drug-likeness (QED) is 0.855. The Labute approximate surface area is 142 Å². The van der Waals surface area contributed by atoms with Crippen LogP contribution >= 0.6 is 11.6 Å². The smallest absolute Gasteiger partial charge is 0.387 e. The van der Waals surface area contributed by atoms with Crippen LogP contribution in [0.1, 0.15) is 23.1 Å². The van der Waals surface area contributed by atoms with Crippen molar-refractivity contribution in [2.75, 3.05) is 11.9 Å². The van der Waals surface area contributed by atoms with Crippen molar-refractivity contribution in [1.82, 2.24) is 9.78 Å². The lowest BCUT2D eigenvalue weighted by Gasteiger charge is -2.13. The molecule has 6 nitrogen and oxygen atoms in total. The van der Waals surface area contributed by atoms with E-state index in [2.05, 4.69) is 15.2 Å². The van der Waals surface area contributed by atoms with Gasteiger partial charge in [0.1, 0.15) is 0 Å². The molecule has 1 N–H and O–H groups in total. The highest BCUT2D eigenvalue weighted by Gasteiger charge is 2.19. The first-order chi connectivity index (χ1) is 11.3. The van der Waals surface area contributed by atoms with E-state index in [1.807, 2.05) is 0 Å². The zero-order chi connectivity index (χ0) is 17.9. The number of rotatable bonds is 6. The number of carbonyl (C=O) groups excluding carboxylic acids is 1. The number of aromatic nitrogens is 2. The fraction of sp³-hybridized carbons (Fsp3) is 0.333. The minimum atomic E-state index is -2.97. The molecule has 1 aromatic heterocycles. The zero-order valence-corrected chi connectivity index (χ0v) is 14.0. The van der Waals surface area contributed by atoms with Gasteiger partial charge < -0.3 is 14.8 Å². The molecule has 0 aliphatic rings. The molecule has 2 rings (SSSR count). The SMILES string of the molecule is CCOc1cc(NC(=O)c2nn(C)c(C)c2Cl)ccc1OC(F)F. The van der Waals surface area contributed by atoms with Gasteiger partial charge in [-0.05, 0) is 26.0 Å². The lowest BCUT2D eigenvalue weighted by molar-refractivity contribution is -0.0514. The number of halogens is 3. The summed E-state index contributed by atoms with van der Waals surface area (Å²) in [6, 6.07) is 4.10. The molecule has 130 valence electrons. The standard InChI is InChI=1S/C15H16ClF2N3O3/c1-4-23-11-7-9(5-6-10(11)24-15(17)18)19-14(22)13-12(16)8(2)21(3)20-13/h5-7,15H,4H2,1-3H3,(H,19,22). The predicted octanol–water partition coefficient (Wildman–Crippen LogP) is 3.63. The fourth-order valence-electron chi connectivity index (χ4n) is 1.97. The zero-order valence-electron chi connectivity index (χ0n) is 13.3. The van der Waals surface area contributed by atoms with Gasteiger partial charge in [-0.2, -0.15) is 13.9 Å². The summed E-state index contributed by atoms with van der Waals surface area (Å²) in [5.41, 5.74) is 1.06. The topological polar surface area (TPSA) is 65.4 Å². The van der Waals surface area contributed by atoms with Crippen LogP contribution in [0.15, 0.2) is 18.2 Å². The van der Waals surface area contributed by atoms with E-state index < -0.39 is 12.5 Å². The third kappa shape index (κ3) is 3.94. The average molecular weight is 360 g/mol. The Bertz CT molecular complexity index is 750. The van der Waals surface area contributed by atoms with E-state index in [4.69, 9.17) is 16.3 Å². The molecule has 0 fully saturated rings. The Balaban J connectivity index is 2.24. The third-order valence-electron chi connectivity index (χ3n) is 3.19. The first kappa shape index (κ1) is 18.0. The maximum atomic E-state index is 12.4. The summed E-state index contributed by atoms with van der Waals surface area (Å²) in [7, 11) is 1.67. The van der Waals surface area contributed by atoms with Crippen molar-refractivity contribution in [3.8, 4) is 11.5 Å².